The van der Waals surface area contributed by atoms with Gasteiger partial charge >= 0.3 is 0 Å². The maximum atomic E-state index is 11.7. The van der Waals surface area contributed by atoms with Gasteiger partial charge in [-0.05, 0) is 23.8 Å². The fourth-order valence-electron chi connectivity index (χ4n) is 1.71. The van der Waals surface area contributed by atoms with E-state index in [0.29, 0.717) is 24.5 Å². The van der Waals surface area contributed by atoms with Gasteiger partial charge in [0.15, 0.2) is 0 Å². The number of amides is 1. The van der Waals surface area contributed by atoms with Crippen molar-refractivity contribution in [2.75, 3.05) is 11.9 Å². The Morgan fingerprint density at radius 1 is 1.20 bits per heavy atom. The highest BCUT2D eigenvalue weighted by Gasteiger charge is 2.02. The molecule has 0 saturated carbocycles. The van der Waals surface area contributed by atoms with E-state index < -0.39 is 0 Å². The summed E-state index contributed by atoms with van der Waals surface area (Å²) >= 11 is 6.01. The fourth-order valence-corrected chi connectivity index (χ4v) is 1.91. The van der Waals surface area contributed by atoms with Crippen LogP contribution in [-0.4, -0.2) is 17.4 Å². The molecule has 1 amide bonds. The Bertz CT molecular complexity index is 560. The van der Waals surface area contributed by atoms with E-state index in [1.54, 1.807) is 12.4 Å². The average molecular weight is 290 g/mol. The number of hydrogen-bond acceptors (Lipinski definition) is 3. The van der Waals surface area contributed by atoms with E-state index in [2.05, 4.69) is 15.6 Å². The molecule has 0 spiro atoms. The molecule has 0 aliphatic rings. The van der Waals surface area contributed by atoms with Crippen molar-refractivity contribution in [1.82, 2.24) is 10.3 Å². The highest BCUT2D eigenvalue weighted by atomic mass is 35.5. The second-order valence-corrected chi connectivity index (χ2v) is 4.70. The summed E-state index contributed by atoms with van der Waals surface area (Å²) in [5, 5.41) is 6.64. The minimum Gasteiger partial charge on any atom is -0.383 e. The predicted molar refractivity (Wildman–Crippen MR) is 80.6 cm³/mol. The SMILES string of the molecule is O=C(CCNc1ccccc1Cl)NCc1cccnc1. The minimum absolute atomic E-state index is 0.00610. The molecule has 104 valence electrons. The third-order valence-corrected chi connectivity index (χ3v) is 3.08. The largest absolute Gasteiger partial charge is 0.383 e. The summed E-state index contributed by atoms with van der Waals surface area (Å²) < 4.78 is 0. The number of para-hydroxylation sites is 1. The maximum Gasteiger partial charge on any atom is 0.222 e. The van der Waals surface area contributed by atoms with Crippen LogP contribution >= 0.6 is 11.6 Å². The normalized spacial score (nSPS) is 10.1. The van der Waals surface area contributed by atoms with E-state index in [1.165, 1.54) is 0 Å². The standard InChI is InChI=1S/C15H16ClN3O/c16-13-5-1-2-6-14(13)18-9-7-15(20)19-11-12-4-3-8-17-10-12/h1-6,8,10,18H,7,9,11H2,(H,19,20). The van der Waals surface area contributed by atoms with Crippen LogP contribution in [0.3, 0.4) is 0 Å². The Labute approximate surface area is 123 Å². The quantitative estimate of drug-likeness (QED) is 0.860. The molecule has 0 radical (unpaired) electrons. The number of pyridine rings is 1. The Kier molecular flexibility index (Phi) is 5.38. The van der Waals surface area contributed by atoms with Crippen molar-refractivity contribution in [2.24, 2.45) is 0 Å². The van der Waals surface area contributed by atoms with Crippen LogP contribution in [0.15, 0.2) is 48.8 Å². The van der Waals surface area contributed by atoms with Crippen molar-refractivity contribution in [3.05, 3.63) is 59.4 Å². The van der Waals surface area contributed by atoms with Crippen LogP contribution in [-0.2, 0) is 11.3 Å². The molecule has 0 bridgehead atoms. The van der Waals surface area contributed by atoms with Crippen molar-refractivity contribution in [3.63, 3.8) is 0 Å². The molecule has 0 atom stereocenters. The monoisotopic (exact) mass is 289 g/mol. The van der Waals surface area contributed by atoms with Gasteiger partial charge in [0.1, 0.15) is 0 Å². The Morgan fingerprint density at radius 2 is 2.05 bits per heavy atom. The highest BCUT2D eigenvalue weighted by molar-refractivity contribution is 6.33. The summed E-state index contributed by atoms with van der Waals surface area (Å²) in [5.74, 6) is -0.00610. The Balaban J connectivity index is 1.69. The molecular formula is C15H16ClN3O. The van der Waals surface area contributed by atoms with E-state index in [1.807, 2.05) is 36.4 Å². The van der Waals surface area contributed by atoms with Gasteiger partial charge in [0.25, 0.3) is 0 Å². The number of carbonyl (C=O) groups excluding carboxylic acids is 1. The van der Waals surface area contributed by atoms with Gasteiger partial charge < -0.3 is 10.6 Å². The lowest BCUT2D eigenvalue weighted by molar-refractivity contribution is -0.121. The van der Waals surface area contributed by atoms with Crippen LogP contribution in [0.5, 0.6) is 0 Å². The van der Waals surface area contributed by atoms with E-state index in [-0.39, 0.29) is 5.91 Å². The molecule has 2 N–H and O–H groups in total. The molecule has 0 fully saturated rings. The van der Waals surface area contributed by atoms with Crippen LogP contribution in [0.4, 0.5) is 5.69 Å². The van der Waals surface area contributed by atoms with Crippen LogP contribution in [0.2, 0.25) is 5.02 Å². The zero-order valence-corrected chi connectivity index (χ0v) is 11.7. The number of nitrogens with one attached hydrogen (secondary N) is 2. The first kappa shape index (κ1) is 14.3. The molecule has 0 aliphatic heterocycles. The zero-order valence-electron chi connectivity index (χ0n) is 11.0. The van der Waals surface area contributed by atoms with Gasteiger partial charge in [-0.2, -0.15) is 0 Å². The Hall–Kier alpha value is -2.07. The van der Waals surface area contributed by atoms with Gasteiger partial charge in [-0.25, -0.2) is 0 Å². The molecule has 0 saturated heterocycles. The lowest BCUT2D eigenvalue weighted by Crippen LogP contribution is -2.24. The van der Waals surface area contributed by atoms with Crippen molar-refractivity contribution >= 4 is 23.2 Å². The molecule has 0 aliphatic carbocycles. The van der Waals surface area contributed by atoms with Crippen LogP contribution in [0, 0.1) is 0 Å². The predicted octanol–water partition coefficient (Wildman–Crippen LogP) is 2.85. The van der Waals surface area contributed by atoms with Crippen LogP contribution in [0.1, 0.15) is 12.0 Å². The summed E-state index contributed by atoms with van der Waals surface area (Å²) in [5.41, 5.74) is 1.83. The molecule has 0 unspecified atom stereocenters. The van der Waals surface area contributed by atoms with Crippen LogP contribution < -0.4 is 10.6 Å². The average Bonchev–Trinajstić information content (AvgIpc) is 2.48. The highest BCUT2D eigenvalue weighted by Crippen LogP contribution is 2.19. The lowest BCUT2D eigenvalue weighted by Gasteiger charge is -2.08. The molecule has 5 heteroatoms. The van der Waals surface area contributed by atoms with Crippen molar-refractivity contribution in [1.29, 1.82) is 0 Å². The third-order valence-electron chi connectivity index (χ3n) is 2.75. The van der Waals surface area contributed by atoms with E-state index in [4.69, 9.17) is 11.6 Å². The first-order chi connectivity index (χ1) is 9.75. The number of carbonyl (C=O) groups is 1. The van der Waals surface area contributed by atoms with Gasteiger partial charge in [-0.3, -0.25) is 9.78 Å². The molecule has 4 nitrogen and oxygen atoms in total. The van der Waals surface area contributed by atoms with Gasteiger partial charge in [0.2, 0.25) is 5.91 Å². The molecular weight excluding hydrogens is 274 g/mol. The summed E-state index contributed by atoms with van der Waals surface area (Å²) in [7, 11) is 0. The molecule has 1 aromatic carbocycles. The molecule has 20 heavy (non-hydrogen) atoms. The maximum absolute atomic E-state index is 11.7. The zero-order chi connectivity index (χ0) is 14.2. The fraction of sp³-hybridized carbons (Fsp3) is 0.200. The summed E-state index contributed by atoms with van der Waals surface area (Å²) in [6.07, 6.45) is 3.84. The van der Waals surface area contributed by atoms with Crippen LogP contribution in [0.25, 0.3) is 0 Å². The van der Waals surface area contributed by atoms with Crippen molar-refractivity contribution in [3.8, 4) is 0 Å². The van der Waals surface area contributed by atoms with Gasteiger partial charge in [0.05, 0.1) is 10.7 Å². The van der Waals surface area contributed by atoms with Crippen molar-refractivity contribution in [2.45, 2.75) is 13.0 Å². The van der Waals surface area contributed by atoms with E-state index in [9.17, 15) is 4.79 Å². The number of benzene rings is 1. The van der Waals surface area contributed by atoms with Gasteiger partial charge in [0, 0.05) is 31.9 Å². The van der Waals surface area contributed by atoms with Gasteiger partial charge in [-0.1, -0.05) is 29.8 Å². The molecule has 1 heterocycles. The number of aromatic nitrogens is 1. The summed E-state index contributed by atoms with van der Waals surface area (Å²) in [4.78, 5) is 15.7. The smallest absolute Gasteiger partial charge is 0.222 e. The number of rotatable bonds is 6. The second-order valence-electron chi connectivity index (χ2n) is 4.29. The van der Waals surface area contributed by atoms with Crippen molar-refractivity contribution < 1.29 is 4.79 Å². The molecule has 1 aromatic heterocycles. The summed E-state index contributed by atoms with van der Waals surface area (Å²) in [6.45, 7) is 1.04. The van der Waals surface area contributed by atoms with E-state index in [0.717, 1.165) is 11.3 Å². The van der Waals surface area contributed by atoms with Gasteiger partial charge in [-0.15, -0.1) is 0 Å². The van der Waals surface area contributed by atoms with E-state index >= 15 is 0 Å². The first-order valence-corrected chi connectivity index (χ1v) is 6.77. The topological polar surface area (TPSA) is 54.0 Å². The Morgan fingerprint density at radius 3 is 2.80 bits per heavy atom. The third kappa shape index (κ3) is 4.55. The number of halogens is 1. The minimum atomic E-state index is -0.00610. The first-order valence-electron chi connectivity index (χ1n) is 6.40. The molecule has 2 aromatic rings. The molecule has 2 rings (SSSR count). The number of hydrogen-bond donors (Lipinski definition) is 2. The second kappa shape index (κ2) is 7.50. The number of nitrogens with zero attached hydrogens (tertiary/aromatic N) is 1. The lowest BCUT2D eigenvalue weighted by atomic mass is 10.2. The number of anilines is 1. The summed E-state index contributed by atoms with van der Waals surface area (Å²) in [6, 6.07) is 11.2.